The summed E-state index contributed by atoms with van der Waals surface area (Å²) in [4.78, 5) is 11.9. The van der Waals surface area contributed by atoms with Gasteiger partial charge in [-0.15, -0.1) is 0 Å². The van der Waals surface area contributed by atoms with E-state index in [0.717, 1.165) is 22.2 Å². The molecule has 3 aromatic rings. The van der Waals surface area contributed by atoms with E-state index in [0.29, 0.717) is 19.5 Å². The summed E-state index contributed by atoms with van der Waals surface area (Å²) in [6.07, 6.45) is 4.85. The van der Waals surface area contributed by atoms with Crippen LogP contribution in [0.2, 0.25) is 0 Å². The fourth-order valence-electron chi connectivity index (χ4n) is 2.47. The summed E-state index contributed by atoms with van der Waals surface area (Å²) < 4.78 is 8.41. The van der Waals surface area contributed by atoms with Crippen LogP contribution in [0.15, 0.2) is 57.7 Å². The third kappa shape index (κ3) is 3.42. The van der Waals surface area contributed by atoms with Crippen LogP contribution < -0.4 is 5.32 Å². The lowest BCUT2D eigenvalue weighted by Gasteiger charge is -2.07. The number of fused-ring (bicyclic) bond motifs is 1. The zero-order valence-electron chi connectivity index (χ0n) is 12.1. The van der Waals surface area contributed by atoms with Crippen molar-refractivity contribution in [3.05, 3.63) is 59.1 Å². The minimum atomic E-state index is 0.0587. The van der Waals surface area contributed by atoms with Crippen molar-refractivity contribution in [2.75, 3.05) is 6.54 Å². The molecule has 2 heterocycles. The monoisotopic (exact) mass is 360 g/mol. The van der Waals surface area contributed by atoms with Crippen molar-refractivity contribution in [3.8, 4) is 0 Å². The van der Waals surface area contributed by atoms with Crippen molar-refractivity contribution in [1.29, 1.82) is 0 Å². The SMILES string of the molecule is O=C(CCn1ccc2c(Br)cccc21)NCCc1ccco1. The molecule has 0 radical (unpaired) electrons. The number of hydrogen-bond acceptors (Lipinski definition) is 2. The topological polar surface area (TPSA) is 47.2 Å². The molecule has 4 nitrogen and oxygen atoms in total. The van der Waals surface area contributed by atoms with Crippen LogP contribution in [0.5, 0.6) is 0 Å². The summed E-state index contributed by atoms with van der Waals surface area (Å²) in [6, 6.07) is 11.9. The van der Waals surface area contributed by atoms with Crippen LogP contribution in [0.3, 0.4) is 0 Å². The molecule has 0 atom stereocenters. The van der Waals surface area contributed by atoms with Crippen molar-refractivity contribution in [1.82, 2.24) is 9.88 Å². The van der Waals surface area contributed by atoms with Gasteiger partial charge in [0.15, 0.2) is 0 Å². The van der Waals surface area contributed by atoms with Crippen LogP contribution in [-0.2, 0) is 17.8 Å². The highest BCUT2D eigenvalue weighted by atomic mass is 79.9. The Labute approximate surface area is 137 Å². The van der Waals surface area contributed by atoms with E-state index >= 15 is 0 Å². The van der Waals surface area contributed by atoms with Crippen LogP contribution in [0, 0.1) is 0 Å². The Morgan fingerprint density at radius 3 is 2.95 bits per heavy atom. The van der Waals surface area contributed by atoms with Crippen molar-refractivity contribution in [2.24, 2.45) is 0 Å². The molecule has 114 valence electrons. The summed E-state index contributed by atoms with van der Waals surface area (Å²) in [5.41, 5.74) is 1.14. The molecule has 5 heteroatoms. The average Bonchev–Trinajstić information content (AvgIpc) is 3.15. The molecule has 1 N–H and O–H groups in total. The van der Waals surface area contributed by atoms with Gasteiger partial charge in [-0.3, -0.25) is 4.79 Å². The Bertz CT molecular complexity index is 762. The number of nitrogens with one attached hydrogen (secondary N) is 1. The van der Waals surface area contributed by atoms with Crippen molar-refractivity contribution >= 4 is 32.7 Å². The summed E-state index contributed by atoms with van der Waals surface area (Å²) in [5, 5.41) is 4.09. The molecule has 1 amide bonds. The van der Waals surface area contributed by atoms with Gasteiger partial charge in [0.1, 0.15) is 5.76 Å². The molecule has 22 heavy (non-hydrogen) atoms. The number of benzene rings is 1. The third-order valence-electron chi connectivity index (χ3n) is 3.61. The van der Waals surface area contributed by atoms with Gasteiger partial charge in [0, 0.05) is 47.5 Å². The molecule has 0 aliphatic heterocycles. The van der Waals surface area contributed by atoms with Gasteiger partial charge in [-0.05, 0) is 30.3 Å². The molecule has 0 saturated carbocycles. The molecule has 0 fully saturated rings. The normalized spacial score (nSPS) is 11.0. The lowest BCUT2D eigenvalue weighted by Crippen LogP contribution is -2.26. The number of furan rings is 1. The molecule has 2 aromatic heterocycles. The Hall–Kier alpha value is -2.01. The first-order chi connectivity index (χ1) is 10.7. The van der Waals surface area contributed by atoms with Crippen LogP contribution >= 0.6 is 15.9 Å². The van der Waals surface area contributed by atoms with E-state index in [4.69, 9.17) is 4.42 Å². The van der Waals surface area contributed by atoms with Gasteiger partial charge in [-0.25, -0.2) is 0 Å². The molecular weight excluding hydrogens is 344 g/mol. The highest BCUT2D eigenvalue weighted by Crippen LogP contribution is 2.24. The number of carbonyl (C=O) groups is 1. The highest BCUT2D eigenvalue weighted by Gasteiger charge is 2.06. The van der Waals surface area contributed by atoms with Gasteiger partial charge < -0.3 is 14.3 Å². The molecule has 0 unspecified atom stereocenters. The Kier molecular flexibility index (Phi) is 4.63. The van der Waals surface area contributed by atoms with E-state index in [9.17, 15) is 4.79 Å². The summed E-state index contributed by atoms with van der Waals surface area (Å²) in [7, 11) is 0. The summed E-state index contributed by atoms with van der Waals surface area (Å²) in [5.74, 6) is 0.949. The summed E-state index contributed by atoms with van der Waals surface area (Å²) in [6.45, 7) is 1.27. The zero-order chi connectivity index (χ0) is 15.4. The van der Waals surface area contributed by atoms with Crippen molar-refractivity contribution in [3.63, 3.8) is 0 Å². The zero-order valence-corrected chi connectivity index (χ0v) is 13.7. The van der Waals surface area contributed by atoms with E-state index in [1.807, 2.05) is 30.5 Å². The highest BCUT2D eigenvalue weighted by molar-refractivity contribution is 9.10. The largest absolute Gasteiger partial charge is 0.469 e. The lowest BCUT2D eigenvalue weighted by molar-refractivity contribution is -0.121. The van der Waals surface area contributed by atoms with E-state index in [1.54, 1.807) is 6.26 Å². The third-order valence-corrected chi connectivity index (χ3v) is 4.31. The van der Waals surface area contributed by atoms with Crippen molar-refractivity contribution < 1.29 is 9.21 Å². The smallest absolute Gasteiger partial charge is 0.221 e. The Balaban J connectivity index is 1.51. The Morgan fingerprint density at radius 2 is 2.14 bits per heavy atom. The average molecular weight is 361 g/mol. The number of rotatable bonds is 6. The number of aryl methyl sites for hydroxylation is 1. The maximum atomic E-state index is 11.9. The van der Waals surface area contributed by atoms with Crippen LogP contribution in [-0.4, -0.2) is 17.0 Å². The minimum absolute atomic E-state index is 0.0587. The fraction of sp³-hybridized carbons (Fsp3) is 0.235. The molecular formula is C17H17BrN2O2. The van der Waals surface area contributed by atoms with E-state index in [2.05, 4.69) is 37.9 Å². The predicted molar refractivity (Wildman–Crippen MR) is 89.7 cm³/mol. The molecule has 0 saturated heterocycles. The van der Waals surface area contributed by atoms with Crippen molar-refractivity contribution in [2.45, 2.75) is 19.4 Å². The summed E-state index contributed by atoms with van der Waals surface area (Å²) >= 11 is 3.54. The standard InChI is InChI=1S/C17H17BrN2O2/c18-15-4-1-5-16-14(15)7-10-20(16)11-8-17(21)19-9-6-13-3-2-12-22-13/h1-5,7,10,12H,6,8-9,11H2,(H,19,21). The first-order valence-electron chi connectivity index (χ1n) is 7.26. The quantitative estimate of drug-likeness (QED) is 0.727. The second kappa shape index (κ2) is 6.83. The van der Waals surface area contributed by atoms with Crippen LogP contribution in [0.1, 0.15) is 12.2 Å². The van der Waals surface area contributed by atoms with Gasteiger partial charge in [0.05, 0.1) is 6.26 Å². The number of nitrogens with zero attached hydrogens (tertiary/aromatic N) is 1. The lowest BCUT2D eigenvalue weighted by atomic mass is 10.2. The fourth-order valence-corrected chi connectivity index (χ4v) is 2.96. The van der Waals surface area contributed by atoms with Gasteiger partial charge in [-0.1, -0.05) is 22.0 Å². The molecule has 3 rings (SSSR count). The second-order valence-electron chi connectivity index (χ2n) is 5.11. The molecule has 0 spiro atoms. The first kappa shape index (κ1) is 14.9. The van der Waals surface area contributed by atoms with Gasteiger partial charge in [0.2, 0.25) is 5.91 Å². The number of hydrogen-bond donors (Lipinski definition) is 1. The van der Waals surface area contributed by atoms with Crippen LogP contribution in [0.4, 0.5) is 0 Å². The minimum Gasteiger partial charge on any atom is -0.469 e. The maximum absolute atomic E-state index is 11.9. The maximum Gasteiger partial charge on any atom is 0.221 e. The van der Waals surface area contributed by atoms with E-state index in [1.165, 1.54) is 5.39 Å². The number of aromatic nitrogens is 1. The number of carbonyl (C=O) groups excluding carboxylic acids is 1. The number of halogens is 1. The number of amides is 1. The van der Waals surface area contributed by atoms with E-state index in [-0.39, 0.29) is 5.91 Å². The Morgan fingerprint density at radius 1 is 1.23 bits per heavy atom. The molecule has 0 aliphatic carbocycles. The van der Waals surface area contributed by atoms with Gasteiger partial charge in [0.25, 0.3) is 0 Å². The van der Waals surface area contributed by atoms with Gasteiger partial charge in [-0.2, -0.15) is 0 Å². The predicted octanol–water partition coefficient (Wildman–Crippen LogP) is 3.75. The first-order valence-corrected chi connectivity index (χ1v) is 8.06. The molecule has 0 bridgehead atoms. The second-order valence-corrected chi connectivity index (χ2v) is 5.97. The molecule has 0 aliphatic rings. The van der Waals surface area contributed by atoms with E-state index < -0.39 is 0 Å². The van der Waals surface area contributed by atoms with Crippen LogP contribution in [0.25, 0.3) is 10.9 Å². The van der Waals surface area contributed by atoms with Gasteiger partial charge >= 0.3 is 0 Å². The molecule has 1 aromatic carbocycles.